The number of carbonyl (C=O) groups is 1. The molecule has 1 aromatic heterocycles. The van der Waals surface area contributed by atoms with E-state index in [9.17, 15) is 4.79 Å². The molecule has 0 aliphatic heterocycles. The zero-order valence-corrected chi connectivity index (χ0v) is 17.4. The van der Waals surface area contributed by atoms with Crippen molar-refractivity contribution in [3.8, 4) is 17.1 Å². The fourth-order valence-electron chi connectivity index (χ4n) is 2.96. The van der Waals surface area contributed by atoms with Crippen molar-refractivity contribution < 1.29 is 9.53 Å². The number of nitrogens with zero attached hydrogens (tertiary/aromatic N) is 3. The lowest BCUT2D eigenvalue weighted by Gasteiger charge is -2.19. The van der Waals surface area contributed by atoms with Crippen molar-refractivity contribution in [2.45, 2.75) is 13.0 Å². The molecule has 29 heavy (non-hydrogen) atoms. The van der Waals surface area contributed by atoms with Gasteiger partial charge in [-0.3, -0.25) is 14.5 Å². The second-order valence-corrected chi connectivity index (χ2v) is 6.98. The van der Waals surface area contributed by atoms with Gasteiger partial charge in [-0.25, -0.2) is 0 Å². The maximum absolute atomic E-state index is 12.3. The van der Waals surface area contributed by atoms with Gasteiger partial charge in [0.15, 0.2) is 10.6 Å². The van der Waals surface area contributed by atoms with E-state index in [0.717, 1.165) is 23.5 Å². The highest BCUT2D eigenvalue weighted by Crippen LogP contribution is 2.21. The van der Waals surface area contributed by atoms with Gasteiger partial charge in [-0.1, -0.05) is 18.2 Å². The number of hydrogen-bond acceptors (Lipinski definition) is 5. The van der Waals surface area contributed by atoms with Gasteiger partial charge in [-0.05, 0) is 48.6 Å². The van der Waals surface area contributed by atoms with Gasteiger partial charge in [0, 0.05) is 44.4 Å². The summed E-state index contributed by atoms with van der Waals surface area (Å²) in [6.45, 7) is 1.77. The number of carbonyl (C=O) groups excluding carboxylic acids is 1. The first kappa shape index (κ1) is 20.6. The van der Waals surface area contributed by atoms with Gasteiger partial charge >= 0.3 is 0 Å². The Hall–Kier alpha value is -3.13. The molecule has 0 aliphatic rings. The summed E-state index contributed by atoms with van der Waals surface area (Å²) in [5.41, 5.74) is 2.03. The third-order valence-electron chi connectivity index (χ3n) is 4.64. The SMILES string of the molecule is COc1ccc(-c2n[nH]c(=S)n2CCC(=O)NCCN(C)c2ccccc2)cc1. The Labute approximate surface area is 175 Å². The van der Waals surface area contributed by atoms with Crippen LogP contribution in [0.25, 0.3) is 11.4 Å². The first-order chi connectivity index (χ1) is 14.1. The van der Waals surface area contributed by atoms with E-state index >= 15 is 0 Å². The molecule has 7 nitrogen and oxygen atoms in total. The molecular weight excluding hydrogens is 386 g/mol. The van der Waals surface area contributed by atoms with Gasteiger partial charge in [0.1, 0.15) is 5.75 Å². The van der Waals surface area contributed by atoms with Crippen LogP contribution in [0.1, 0.15) is 6.42 Å². The van der Waals surface area contributed by atoms with E-state index in [-0.39, 0.29) is 5.91 Å². The molecule has 0 saturated carbocycles. The third-order valence-corrected chi connectivity index (χ3v) is 4.95. The number of nitrogens with one attached hydrogen (secondary N) is 2. The summed E-state index contributed by atoms with van der Waals surface area (Å²) < 4.78 is 7.52. The molecule has 0 bridgehead atoms. The number of H-pyrrole nitrogens is 1. The number of benzene rings is 2. The molecular formula is C21H25N5O2S. The zero-order valence-electron chi connectivity index (χ0n) is 16.6. The molecule has 1 amide bonds. The van der Waals surface area contributed by atoms with E-state index in [2.05, 4.69) is 20.4 Å². The lowest BCUT2D eigenvalue weighted by molar-refractivity contribution is -0.121. The molecule has 3 aromatic rings. The summed E-state index contributed by atoms with van der Waals surface area (Å²) in [5.74, 6) is 1.46. The van der Waals surface area contributed by atoms with E-state index in [1.54, 1.807) is 7.11 Å². The minimum absolute atomic E-state index is 0.0183. The van der Waals surface area contributed by atoms with Crippen molar-refractivity contribution in [2.24, 2.45) is 0 Å². The Morgan fingerprint density at radius 1 is 1.21 bits per heavy atom. The van der Waals surface area contributed by atoms with Crippen LogP contribution in [-0.2, 0) is 11.3 Å². The molecule has 0 radical (unpaired) electrons. The van der Waals surface area contributed by atoms with Crippen LogP contribution >= 0.6 is 12.2 Å². The fourth-order valence-corrected chi connectivity index (χ4v) is 3.19. The van der Waals surface area contributed by atoms with Gasteiger partial charge in [0.25, 0.3) is 0 Å². The highest BCUT2D eigenvalue weighted by molar-refractivity contribution is 7.71. The smallest absolute Gasteiger partial charge is 0.221 e. The van der Waals surface area contributed by atoms with Crippen molar-refractivity contribution >= 4 is 23.8 Å². The van der Waals surface area contributed by atoms with E-state index in [0.29, 0.717) is 30.1 Å². The van der Waals surface area contributed by atoms with Crippen LogP contribution in [0.5, 0.6) is 5.75 Å². The minimum Gasteiger partial charge on any atom is -0.497 e. The fraction of sp³-hybridized carbons (Fsp3) is 0.286. The standard InChI is InChI=1S/C21H25N5O2S/c1-25(17-6-4-3-5-7-17)15-13-22-19(27)12-14-26-20(23-24-21(26)29)16-8-10-18(28-2)11-9-16/h3-11H,12-15H2,1-2H3,(H,22,27)(H,24,29). The van der Waals surface area contributed by atoms with Crippen LogP contribution in [0.15, 0.2) is 54.6 Å². The number of rotatable bonds is 9. The second kappa shape index (κ2) is 9.88. The lowest BCUT2D eigenvalue weighted by Crippen LogP contribution is -2.33. The van der Waals surface area contributed by atoms with Crippen LogP contribution in [0.4, 0.5) is 5.69 Å². The third kappa shape index (κ3) is 5.45. The van der Waals surface area contributed by atoms with Gasteiger partial charge in [-0.15, -0.1) is 0 Å². The highest BCUT2D eigenvalue weighted by atomic mass is 32.1. The summed E-state index contributed by atoms with van der Waals surface area (Å²) in [6, 6.07) is 17.6. The maximum atomic E-state index is 12.3. The predicted octanol–water partition coefficient (Wildman–Crippen LogP) is 3.26. The van der Waals surface area contributed by atoms with Crippen molar-refractivity contribution in [3.05, 3.63) is 59.4 Å². The summed E-state index contributed by atoms with van der Waals surface area (Å²) in [4.78, 5) is 14.4. The molecule has 0 spiro atoms. The van der Waals surface area contributed by atoms with Crippen LogP contribution in [0.2, 0.25) is 0 Å². The van der Waals surface area contributed by atoms with E-state index in [4.69, 9.17) is 17.0 Å². The second-order valence-electron chi connectivity index (χ2n) is 6.59. The molecule has 0 aliphatic carbocycles. The summed E-state index contributed by atoms with van der Waals surface area (Å²) in [5, 5.41) is 10.1. The molecule has 3 rings (SSSR count). The Morgan fingerprint density at radius 3 is 2.62 bits per heavy atom. The maximum Gasteiger partial charge on any atom is 0.221 e. The van der Waals surface area contributed by atoms with Gasteiger partial charge in [0.2, 0.25) is 5.91 Å². The number of aromatic nitrogens is 3. The van der Waals surface area contributed by atoms with Gasteiger partial charge in [-0.2, -0.15) is 5.10 Å². The average Bonchev–Trinajstić information content (AvgIpc) is 3.13. The quantitative estimate of drug-likeness (QED) is 0.529. The number of amides is 1. The molecule has 152 valence electrons. The molecule has 0 unspecified atom stereocenters. The Bertz CT molecular complexity index is 982. The number of methoxy groups -OCH3 is 1. The summed E-state index contributed by atoms with van der Waals surface area (Å²) in [6.07, 6.45) is 0.325. The Morgan fingerprint density at radius 2 is 1.93 bits per heavy atom. The Balaban J connectivity index is 1.52. The topological polar surface area (TPSA) is 75.2 Å². The molecule has 2 aromatic carbocycles. The van der Waals surface area contributed by atoms with Crippen molar-refractivity contribution in [1.29, 1.82) is 0 Å². The number of para-hydroxylation sites is 1. The molecule has 0 atom stereocenters. The predicted molar refractivity (Wildman–Crippen MR) is 117 cm³/mol. The normalized spacial score (nSPS) is 10.6. The summed E-state index contributed by atoms with van der Waals surface area (Å²) in [7, 11) is 3.63. The van der Waals surface area contributed by atoms with Crippen molar-refractivity contribution in [3.63, 3.8) is 0 Å². The highest BCUT2D eigenvalue weighted by Gasteiger charge is 2.11. The lowest BCUT2D eigenvalue weighted by atomic mass is 10.2. The number of anilines is 1. The number of ether oxygens (including phenoxy) is 1. The first-order valence-corrected chi connectivity index (χ1v) is 9.82. The van der Waals surface area contributed by atoms with E-state index < -0.39 is 0 Å². The molecule has 2 N–H and O–H groups in total. The molecule has 0 fully saturated rings. The Kier molecular flexibility index (Phi) is 7.02. The molecule has 8 heteroatoms. The molecule has 0 saturated heterocycles. The monoisotopic (exact) mass is 411 g/mol. The van der Waals surface area contributed by atoms with Crippen molar-refractivity contribution in [1.82, 2.24) is 20.1 Å². The van der Waals surface area contributed by atoms with E-state index in [1.165, 1.54) is 0 Å². The van der Waals surface area contributed by atoms with Crippen LogP contribution < -0.4 is 15.0 Å². The largest absolute Gasteiger partial charge is 0.497 e. The van der Waals surface area contributed by atoms with E-state index in [1.807, 2.05) is 66.2 Å². The van der Waals surface area contributed by atoms with Gasteiger partial charge in [0.05, 0.1) is 7.11 Å². The number of likely N-dealkylation sites (N-methyl/N-ethyl adjacent to an activating group) is 1. The summed E-state index contributed by atoms with van der Waals surface area (Å²) >= 11 is 5.33. The zero-order chi connectivity index (χ0) is 20.6. The number of aromatic amines is 1. The van der Waals surface area contributed by atoms with Crippen LogP contribution in [0.3, 0.4) is 0 Å². The van der Waals surface area contributed by atoms with Crippen molar-refractivity contribution in [2.75, 3.05) is 32.1 Å². The number of hydrogen-bond donors (Lipinski definition) is 2. The molecule has 1 heterocycles. The van der Waals surface area contributed by atoms with Crippen LogP contribution in [-0.4, -0.2) is 47.9 Å². The van der Waals surface area contributed by atoms with Gasteiger partial charge < -0.3 is 15.0 Å². The first-order valence-electron chi connectivity index (χ1n) is 9.41. The van der Waals surface area contributed by atoms with Crippen LogP contribution in [0, 0.1) is 4.77 Å². The minimum atomic E-state index is -0.0183. The average molecular weight is 412 g/mol.